The minimum Gasteiger partial charge on any atom is -0.382 e. The van der Waals surface area contributed by atoms with E-state index in [0.29, 0.717) is 38.4 Å². The number of alkyl halides is 3. The van der Waals surface area contributed by atoms with E-state index < -0.39 is 12.3 Å². The molecule has 2 heterocycles. The Bertz CT molecular complexity index is 680. The third-order valence-corrected chi connectivity index (χ3v) is 4.89. The van der Waals surface area contributed by atoms with Crippen LogP contribution in [0.3, 0.4) is 0 Å². The highest BCUT2D eigenvalue weighted by molar-refractivity contribution is 7.09. The number of rotatable bonds is 4. The quantitative estimate of drug-likeness (QED) is 0.894. The molecule has 1 fully saturated rings. The Hall–Kier alpha value is -1.71. The van der Waals surface area contributed by atoms with Gasteiger partial charge in [-0.05, 0) is 6.42 Å². The number of anilines is 1. The zero-order chi connectivity index (χ0) is 17.9. The summed E-state index contributed by atoms with van der Waals surface area (Å²) >= 11 is 1.30. The van der Waals surface area contributed by atoms with Gasteiger partial charge in [-0.3, -0.25) is 4.90 Å². The molecule has 136 valence electrons. The van der Waals surface area contributed by atoms with Crippen molar-refractivity contribution in [3.63, 3.8) is 0 Å². The van der Waals surface area contributed by atoms with E-state index in [0.717, 1.165) is 10.7 Å². The van der Waals surface area contributed by atoms with Crippen LogP contribution in [0.25, 0.3) is 11.4 Å². The zero-order valence-electron chi connectivity index (χ0n) is 13.5. The number of aliphatic hydroxyl groups is 1. The summed E-state index contributed by atoms with van der Waals surface area (Å²) in [5, 5.41) is 10.0. The van der Waals surface area contributed by atoms with Crippen LogP contribution in [0.2, 0.25) is 0 Å². The maximum absolute atomic E-state index is 12.5. The molecule has 0 radical (unpaired) electrons. The fourth-order valence-corrected chi connectivity index (χ4v) is 3.48. The van der Waals surface area contributed by atoms with Gasteiger partial charge in [-0.25, -0.2) is 0 Å². The minimum absolute atomic E-state index is 0.386. The number of β-amino-alcohol motifs (C(OH)–C–C–N with tert-alkyl or cyclic N) is 1. The molecule has 1 aromatic heterocycles. The van der Waals surface area contributed by atoms with Gasteiger partial charge in [-0.2, -0.15) is 22.5 Å². The van der Waals surface area contributed by atoms with Crippen molar-refractivity contribution in [3.8, 4) is 11.4 Å². The molecule has 2 aromatic rings. The van der Waals surface area contributed by atoms with Crippen LogP contribution in [0.1, 0.15) is 6.42 Å². The second-order valence-corrected chi connectivity index (χ2v) is 6.70. The van der Waals surface area contributed by atoms with Gasteiger partial charge in [0.1, 0.15) is 0 Å². The first-order valence-corrected chi connectivity index (χ1v) is 8.82. The van der Waals surface area contributed by atoms with E-state index >= 15 is 0 Å². The zero-order valence-corrected chi connectivity index (χ0v) is 14.3. The Morgan fingerprint density at radius 2 is 1.88 bits per heavy atom. The molecule has 0 aliphatic carbocycles. The first kappa shape index (κ1) is 18.1. The van der Waals surface area contributed by atoms with Gasteiger partial charge in [0, 0.05) is 49.8 Å². The monoisotopic (exact) mass is 372 g/mol. The molecule has 5 nitrogen and oxygen atoms in total. The summed E-state index contributed by atoms with van der Waals surface area (Å²) in [5.74, 6) is 0.661. The molecule has 1 N–H and O–H groups in total. The van der Waals surface area contributed by atoms with Crippen LogP contribution in [0.4, 0.5) is 18.3 Å². The normalized spacial score (nSPS) is 18.2. The topological polar surface area (TPSA) is 52.5 Å². The number of aromatic nitrogens is 2. The van der Waals surface area contributed by atoms with Crippen LogP contribution < -0.4 is 4.90 Å². The summed E-state index contributed by atoms with van der Waals surface area (Å²) in [4.78, 5) is 8.25. The van der Waals surface area contributed by atoms with Gasteiger partial charge < -0.3 is 10.0 Å². The van der Waals surface area contributed by atoms with Gasteiger partial charge in [0.05, 0.1) is 0 Å². The van der Waals surface area contributed by atoms with Crippen LogP contribution in [-0.4, -0.2) is 64.4 Å². The molecule has 1 aliphatic rings. The molecule has 1 aromatic carbocycles. The van der Waals surface area contributed by atoms with Crippen molar-refractivity contribution in [3.05, 3.63) is 30.3 Å². The fourth-order valence-electron chi connectivity index (χ4n) is 2.74. The Morgan fingerprint density at radius 3 is 2.60 bits per heavy atom. The number of aliphatic hydroxyl groups excluding tert-OH is 1. The van der Waals surface area contributed by atoms with Crippen LogP contribution in [0.5, 0.6) is 0 Å². The molecular weight excluding hydrogens is 353 g/mol. The average molecular weight is 372 g/mol. The lowest BCUT2D eigenvalue weighted by Gasteiger charge is -2.24. The summed E-state index contributed by atoms with van der Waals surface area (Å²) in [7, 11) is 0. The van der Waals surface area contributed by atoms with Gasteiger partial charge in [-0.1, -0.05) is 30.3 Å². The van der Waals surface area contributed by atoms with Crippen LogP contribution in [0.15, 0.2) is 30.3 Å². The van der Waals surface area contributed by atoms with Crippen molar-refractivity contribution < 1.29 is 18.3 Å². The van der Waals surface area contributed by atoms with Crippen molar-refractivity contribution in [1.82, 2.24) is 14.3 Å². The molecule has 9 heteroatoms. The minimum atomic E-state index is -4.57. The second-order valence-electron chi connectivity index (χ2n) is 5.97. The Morgan fingerprint density at radius 1 is 1.12 bits per heavy atom. The molecule has 1 aliphatic heterocycles. The summed E-state index contributed by atoms with van der Waals surface area (Å²) in [5.41, 5.74) is 0.940. The molecule has 0 spiro atoms. The lowest BCUT2D eigenvalue weighted by molar-refractivity contribution is -0.208. The number of halogens is 3. The molecule has 1 atom stereocenters. The highest BCUT2D eigenvalue weighted by Crippen LogP contribution is 2.25. The molecule has 1 saturated heterocycles. The average Bonchev–Trinajstić information content (AvgIpc) is 2.96. The molecule has 0 unspecified atom stereocenters. The molecule has 0 amide bonds. The van der Waals surface area contributed by atoms with Crippen LogP contribution >= 0.6 is 11.5 Å². The maximum atomic E-state index is 12.5. The third-order valence-electron chi connectivity index (χ3n) is 4.12. The molecular formula is C16H19F3N4OS. The predicted molar refractivity (Wildman–Crippen MR) is 90.7 cm³/mol. The van der Waals surface area contributed by atoms with E-state index in [-0.39, 0.29) is 6.54 Å². The smallest absolute Gasteiger partial charge is 0.382 e. The standard InChI is InChI=1S/C16H19F3N4OS/c17-16(18,19)13(24)11-22-7-4-8-23(10-9-22)15-20-14(21-25-15)12-5-2-1-3-6-12/h1-3,5-6,13,24H,4,7-11H2/t13-/m1/s1. The Labute approximate surface area is 147 Å². The molecule has 3 rings (SSSR count). The first-order chi connectivity index (χ1) is 11.9. The molecule has 25 heavy (non-hydrogen) atoms. The van der Waals surface area contributed by atoms with Crippen molar-refractivity contribution in [1.29, 1.82) is 0 Å². The fraction of sp³-hybridized carbons (Fsp3) is 0.500. The van der Waals surface area contributed by atoms with Gasteiger partial charge in [0.2, 0.25) is 5.13 Å². The van der Waals surface area contributed by atoms with Crippen LogP contribution in [-0.2, 0) is 0 Å². The highest BCUT2D eigenvalue weighted by atomic mass is 32.1. The Kier molecular flexibility index (Phi) is 5.55. The summed E-state index contributed by atoms with van der Waals surface area (Å²) in [6.07, 6.45) is -6.16. The largest absolute Gasteiger partial charge is 0.415 e. The van der Waals surface area contributed by atoms with Crippen molar-refractivity contribution in [2.45, 2.75) is 18.7 Å². The van der Waals surface area contributed by atoms with E-state index in [2.05, 4.69) is 9.36 Å². The van der Waals surface area contributed by atoms with E-state index in [1.807, 2.05) is 35.2 Å². The lowest BCUT2D eigenvalue weighted by Crippen LogP contribution is -2.42. The maximum Gasteiger partial charge on any atom is 0.415 e. The molecule has 0 saturated carbocycles. The molecule has 0 bridgehead atoms. The van der Waals surface area contributed by atoms with Gasteiger partial charge >= 0.3 is 6.18 Å². The number of benzene rings is 1. The van der Waals surface area contributed by atoms with Crippen molar-refractivity contribution in [2.75, 3.05) is 37.6 Å². The van der Waals surface area contributed by atoms with Crippen LogP contribution in [0, 0.1) is 0 Å². The second kappa shape index (κ2) is 7.67. The van der Waals surface area contributed by atoms with E-state index in [1.54, 1.807) is 4.90 Å². The van der Waals surface area contributed by atoms with E-state index in [4.69, 9.17) is 0 Å². The predicted octanol–water partition coefficient (Wildman–Crippen LogP) is 2.64. The van der Waals surface area contributed by atoms with Gasteiger partial charge in [0.15, 0.2) is 11.9 Å². The summed E-state index contributed by atoms with van der Waals surface area (Å²) < 4.78 is 41.9. The SMILES string of the molecule is O[C@H](CN1CCCN(c2nc(-c3ccccc3)ns2)CC1)C(F)(F)F. The van der Waals surface area contributed by atoms with E-state index in [1.165, 1.54) is 11.5 Å². The number of hydrogen-bond donors (Lipinski definition) is 1. The van der Waals surface area contributed by atoms with Gasteiger partial charge in [-0.15, -0.1) is 0 Å². The highest BCUT2D eigenvalue weighted by Gasteiger charge is 2.39. The first-order valence-electron chi connectivity index (χ1n) is 8.05. The summed E-state index contributed by atoms with van der Waals surface area (Å²) in [6.45, 7) is 1.86. The third kappa shape index (κ3) is 4.68. The van der Waals surface area contributed by atoms with E-state index in [9.17, 15) is 18.3 Å². The van der Waals surface area contributed by atoms with Crippen molar-refractivity contribution in [2.24, 2.45) is 0 Å². The lowest BCUT2D eigenvalue weighted by atomic mass is 10.2. The number of hydrogen-bond acceptors (Lipinski definition) is 6. The van der Waals surface area contributed by atoms with Crippen molar-refractivity contribution >= 4 is 16.7 Å². The summed E-state index contributed by atoms with van der Waals surface area (Å²) in [6, 6.07) is 9.65. The van der Waals surface area contributed by atoms with Gasteiger partial charge in [0.25, 0.3) is 0 Å². The number of nitrogens with zero attached hydrogens (tertiary/aromatic N) is 4. The Balaban J connectivity index is 1.61.